The fourth-order valence-electron chi connectivity index (χ4n) is 3.43. The highest BCUT2D eigenvalue weighted by atomic mass is 19.4. The first-order chi connectivity index (χ1) is 16.7. The average Bonchev–Trinajstić information content (AvgIpc) is 2.64. The van der Waals surface area contributed by atoms with Crippen molar-refractivity contribution >= 4 is 11.8 Å². The van der Waals surface area contributed by atoms with Crippen LogP contribution in [0, 0.1) is 5.41 Å². The average molecular weight is 624 g/mol. The van der Waals surface area contributed by atoms with E-state index in [1.54, 1.807) is 0 Å². The van der Waals surface area contributed by atoms with Gasteiger partial charge in [-0.05, 0) is 0 Å². The molecule has 0 aliphatic rings. The number of nitrogens with two attached hydrogens (primary N) is 4. The van der Waals surface area contributed by atoms with Crippen LogP contribution >= 0.6 is 0 Å². The number of hydrogen-bond donors (Lipinski definition) is 4. The number of rotatable bonds is 12. The predicted octanol–water partition coefficient (Wildman–Crippen LogP) is 3.31. The molecule has 232 valence electrons. The van der Waals surface area contributed by atoms with Gasteiger partial charge in [-0.2, -0.15) is 79.0 Å². The topological polar surface area (TPSA) is 138 Å². The zero-order chi connectivity index (χ0) is 32.2. The Balaban J connectivity index is 8.42. The molecule has 8 N–H and O–H groups in total. The number of primary amides is 2. The molecule has 0 radical (unpaired) electrons. The molecule has 39 heavy (non-hydrogen) atoms. The lowest BCUT2D eigenvalue weighted by molar-refractivity contribution is -0.461. The van der Waals surface area contributed by atoms with E-state index in [4.69, 9.17) is 0 Å². The molecule has 0 heterocycles. The molecule has 0 bridgehead atoms. The molecule has 0 aromatic heterocycles. The van der Waals surface area contributed by atoms with Gasteiger partial charge >= 0.3 is 47.9 Å². The number of amides is 2. The third-order valence-corrected chi connectivity index (χ3v) is 5.34. The second-order valence-electron chi connectivity index (χ2n) is 7.86. The van der Waals surface area contributed by atoms with Gasteiger partial charge in [0, 0.05) is 24.9 Å². The van der Waals surface area contributed by atoms with Crippen LogP contribution in [-0.4, -0.2) is 71.8 Å². The smallest absolute Gasteiger partial charge is 0.370 e. The molecule has 6 nitrogen and oxygen atoms in total. The van der Waals surface area contributed by atoms with Crippen molar-refractivity contribution in [2.75, 3.05) is 0 Å². The molecule has 0 aromatic carbocycles. The van der Waals surface area contributed by atoms with Gasteiger partial charge in [0.05, 0.1) is 0 Å². The Labute approximate surface area is 203 Å². The van der Waals surface area contributed by atoms with Crippen LogP contribution in [-0.2, 0) is 9.59 Å². The maximum absolute atomic E-state index is 15.1. The first-order valence-electron chi connectivity index (χ1n) is 9.15. The Morgan fingerprint density at radius 1 is 0.436 bits per heavy atom. The van der Waals surface area contributed by atoms with Crippen molar-refractivity contribution in [2.45, 2.75) is 72.8 Å². The summed E-state index contributed by atoms with van der Waals surface area (Å²) in [6.45, 7) is 0. The highest BCUT2D eigenvalue weighted by Crippen LogP contribution is 2.69. The molecular weight excluding hydrogens is 610 g/mol. The SMILES string of the molecule is NC(=O)CC(N)C(C(N)CC(N)=O)(C(F)(F)C(F)(F)C(F)(F)C(F)(F)F)C(F)(F)C(F)(F)C(F)(F)C(F)(F)F. The van der Waals surface area contributed by atoms with E-state index in [2.05, 4.69) is 22.9 Å². The summed E-state index contributed by atoms with van der Waals surface area (Å²) in [7, 11) is 0. The Morgan fingerprint density at radius 2 is 0.641 bits per heavy atom. The van der Waals surface area contributed by atoms with Crippen LogP contribution in [0.1, 0.15) is 12.8 Å². The zero-order valence-corrected chi connectivity index (χ0v) is 18.0. The van der Waals surface area contributed by atoms with Gasteiger partial charge in [-0.1, -0.05) is 0 Å². The molecular formula is C15H14F18N4O2. The number of carbonyl (C=O) groups is 2. The van der Waals surface area contributed by atoms with E-state index in [0.717, 1.165) is 0 Å². The van der Waals surface area contributed by atoms with Gasteiger partial charge in [-0.3, -0.25) is 9.59 Å². The van der Waals surface area contributed by atoms with Crippen LogP contribution in [0.15, 0.2) is 0 Å². The highest BCUT2D eigenvalue weighted by Gasteiger charge is 2.96. The number of halogens is 18. The normalized spacial score (nSPS) is 17.1. The molecule has 2 atom stereocenters. The minimum absolute atomic E-state index is 2.46. The molecule has 0 fully saturated rings. The lowest BCUT2D eigenvalue weighted by Gasteiger charge is -2.55. The van der Waals surface area contributed by atoms with Crippen LogP contribution in [0.3, 0.4) is 0 Å². The monoisotopic (exact) mass is 624 g/mol. The van der Waals surface area contributed by atoms with Crippen LogP contribution in [0.4, 0.5) is 79.0 Å². The second-order valence-corrected chi connectivity index (χ2v) is 7.86. The van der Waals surface area contributed by atoms with E-state index >= 15 is 17.6 Å². The summed E-state index contributed by atoms with van der Waals surface area (Å²) < 4.78 is 247. The molecule has 0 spiro atoms. The summed E-state index contributed by atoms with van der Waals surface area (Å²) in [5.74, 6) is -55.2. The molecule has 0 rings (SSSR count). The first kappa shape index (κ1) is 36.6. The van der Waals surface area contributed by atoms with Crippen LogP contribution in [0.5, 0.6) is 0 Å². The van der Waals surface area contributed by atoms with E-state index in [-0.39, 0.29) is 0 Å². The van der Waals surface area contributed by atoms with Gasteiger partial charge in [0.1, 0.15) is 5.41 Å². The largest absolute Gasteiger partial charge is 0.460 e. The van der Waals surface area contributed by atoms with Gasteiger partial charge in [-0.25, -0.2) is 0 Å². The molecule has 2 unspecified atom stereocenters. The summed E-state index contributed by atoms with van der Waals surface area (Å²) in [5, 5.41) is 0. The number of hydrogen-bond acceptors (Lipinski definition) is 4. The molecule has 2 amide bonds. The minimum atomic E-state index is -8.52. The molecule has 24 heteroatoms. The fraction of sp³-hybridized carbons (Fsp3) is 0.867. The van der Waals surface area contributed by atoms with Crippen molar-refractivity contribution in [2.24, 2.45) is 28.3 Å². The van der Waals surface area contributed by atoms with E-state index in [0.29, 0.717) is 0 Å². The van der Waals surface area contributed by atoms with Crippen LogP contribution < -0.4 is 22.9 Å². The maximum Gasteiger partial charge on any atom is 0.460 e. The minimum Gasteiger partial charge on any atom is -0.370 e. The Bertz CT molecular complexity index is 854. The quantitative estimate of drug-likeness (QED) is 0.248. The third kappa shape index (κ3) is 5.01. The van der Waals surface area contributed by atoms with Crippen LogP contribution in [0.25, 0.3) is 0 Å². The zero-order valence-electron chi connectivity index (χ0n) is 18.0. The van der Waals surface area contributed by atoms with E-state index in [1.807, 2.05) is 0 Å². The van der Waals surface area contributed by atoms with Crippen molar-refractivity contribution in [3.05, 3.63) is 0 Å². The third-order valence-electron chi connectivity index (χ3n) is 5.34. The Morgan fingerprint density at radius 3 is 0.795 bits per heavy atom. The van der Waals surface area contributed by atoms with Gasteiger partial charge < -0.3 is 22.9 Å². The lowest BCUT2D eigenvalue weighted by Crippen LogP contribution is -2.82. The summed E-state index contributed by atoms with van der Waals surface area (Å²) in [6.07, 6.45) is -21.3. The molecule has 0 saturated heterocycles. The van der Waals surface area contributed by atoms with Crippen molar-refractivity contribution in [1.82, 2.24) is 0 Å². The van der Waals surface area contributed by atoms with Crippen molar-refractivity contribution in [1.29, 1.82) is 0 Å². The van der Waals surface area contributed by atoms with Gasteiger partial charge in [0.25, 0.3) is 0 Å². The summed E-state index contributed by atoms with van der Waals surface area (Å²) in [4.78, 5) is 22.1. The Kier molecular flexibility index (Phi) is 9.29. The number of alkyl halides is 18. The molecule has 0 aromatic rings. The van der Waals surface area contributed by atoms with Crippen LogP contribution in [0.2, 0.25) is 0 Å². The van der Waals surface area contributed by atoms with Crippen molar-refractivity contribution in [3.63, 3.8) is 0 Å². The van der Waals surface area contributed by atoms with E-state index in [1.165, 1.54) is 0 Å². The van der Waals surface area contributed by atoms with Crippen molar-refractivity contribution in [3.8, 4) is 0 Å². The summed E-state index contributed by atoms with van der Waals surface area (Å²) in [6, 6.07) is -9.17. The van der Waals surface area contributed by atoms with Gasteiger partial charge in [0.15, 0.2) is 0 Å². The standard InChI is InChI=1S/C15H14F18N4O2/c16-8(17,10(20,21)12(24,25)14(28,29)30)7(3(34)1-5(36)38,4(35)2-6(37)39)9(18,19)11(22,23)13(26,27)15(31,32)33/h3-4H,1-2,34-35H2,(H2,36,38)(H2,37,39). The maximum atomic E-state index is 15.1. The lowest BCUT2D eigenvalue weighted by atomic mass is 9.58. The molecule has 0 aliphatic carbocycles. The fourth-order valence-corrected chi connectivity index (χ4v) is 3.43. The molecule has 0 aliphatic heterocycles. The van der Waals surface area contributed by atoms with E-state index in [9.17, 15) is 71.1 Å². The first-order valence-corrected chi connectivity index (χ1v) is 9.15. The van der Waals surface area contributed by atoms with Gasteiger partial charge in [-0.15, -0.1) is 0 Å². The second kappa shape index (κ2) is 9.90. The van der Waals surface area contributed by atoms with E-state index < -0.39 is 90.0 Å². The van der Waals surface area contributed by atoms with Crippen molar-refractivity contribution < 1.29 is 88.6 Å². The molecule has 0 saturated carbocycles. The summed E-state index contributed by atoms with van der Waals surface area (Å²) >= 11 is 0. The highest BCUT2D eigenvalue weighted by molar-refractivity contribution is 5.76. The van der Waals surface area contributed by atoms with Gasteiger partial charge in [0.2, 0.25) is 11.8 Å². The number of carbonyl (C=O) groups excluding carboxylic acids is 2. The predicted molar refractivity (Wildman–Crippen MR) is 87.8 cm³/mol. The Hall–Kier alpha value is -2.40. The summed E-state index contributed by atoms with van der Waals surface area (Å²) in [5.41, 5.74) is 10.8.